The van der Waals surface area contributed by atoms with Crippen LogP contribution in [-0.4, -0.2) is 30.3 Å². The molecule has 0 aromatic heterocycles. The van der Waals surface area contributed by atoms with Crippen molar-refractivity contribution in [3.63, 3.8) is 0 Å². The molecule has 1 aliphatic carbocycles. The lowest BCUT2D eigenvalue weighted by Gasteiger charge is -2.14. The van der Waals surface area contributed by atoms with Crippen molar-refractivity contribution in [2.24, 2.45) is 11.8 Å². The summed E-state index contributed by atoms with van der Waals surface area (Å²) in [4.78, 5) is 32.6. The van der Waals surface area contributed by atoms with Crippen molar-refractivity contribution < 1.29 is 19.1 Å². The Morgan fingerprint density at radius 1 is 1.24 bits per heavy atom. The van der Waals surface area contributed by atoms with Crippen molar-refractivity contribution in [2.75, 3.05) is 6.54 Å². The molecule has 1 unspecified atom stereocenters. The fraction of sp³-hybridized carbons (Fsp3) is 0.800. The molecule has 0 aromatic rings. The lowest BCUT2D eigenvalue weighted by Crippen LogP contribution is -2.29. The van der Waals surface area contributed by atoms with Crippen LogP contribution in [0.25, 0.3) is 0 Å². The number of ketones is 1. The number of ether oxygens (including phenoxy) is 1. The molecular weight excluding hydrogens is 272 g/mol. The molecule has 4 N–H and O–H groups in total. The number of rotatable bonds is 3. The molecule has 2 aliphatic rings. The summed E-state index contributed by atoms with van der Waals surface area (Å²) in [6.45, 7) is 6.60. The van der Waals surface area contributed by atoms with Gasteiger partial charge in [-0.1, -0.05) is 12.8 Å². The SMILES string of the molecule is CC(C)(C)OC=O.N.O=C1NCCC1C(=O)C1CCCC1. The van der Waals surface area contributed by atoms with Crippen LogP contribution in [0.3, 0.4) is 0 Å². The van der Waals surface area contributed by atoms with E-state index < -0.39 is 0 Å². The first-order valence-corrected chi connectivity index (χ1v) is 7.28. The van der Waals surface area contributed by atoms with Crippen LogP contribution in [0.1, 0.15) is 52.9 Å². The van der Waals surface area contributed by atoms with E-state index in [1.807, 2.05) is 20.8 Å². The molecule has 21 heavy (non-hydrogen) atoms. The third kappa shape index (κ3) is 6.71. The summed E-state index contributed by atoms with van der Waals surface area (Å²) < 4.78 is 4.55. The maximum Gasteiger partial charge on any atom is 0.293 e. The predicted octanol–water partition coefficient (Wildman–Crippen LogP) is 2.00. The van der Waals surface area contributed by atoms with E-state index in [0.29, 0.717) is 19.4 Å². The highest BCUT2D eigenvalue weighted by atomic mass is 16.5. The summed E-state index contributed by atoms with van der Waals surface area (Å²) in [5, 5.41) is 2.71. The molecule has 6 nitrogen and oxygen atoms in total. The number of hydrogen-bond donors (Lipinski definition) is 2. The standard InChI is InChI=1S/C10H15NO2.C5H10O2.H3N/c12-9(7-3-1-2-4-7)8-5-6-11-10(8)13;1-5(2,3)7-4-6;/h7-8H,1-6H2,(H,11,13);4H,1-3H3;1H3. The Labute approximate surface area is 126 Å². The van der Waals surface area contributed by atoms with Crippen LogP contribution in [0.15, 0.2) is 0 Å². The molecule has 0 radical (unpaired) electrons. The summed E-state index contributed by atoms with van der Waals surface area (Å²) in [7, 11) is 0. The summed E-state index contributed by atoms with van der Waals surface area (Å²) in [5.41, 5.74) is -0.318. The zero-order valence-electron chi connectivity index (χ0n) is 13.3. The van der Waals surface area contributed by atoms with Crippen LogP contribution in [-0.2, 0) is 19.1 Å². The van der Waals surface area contributed by atoms with Crippen molar-refractivity contribution in [1.29, 1.82) is 0 Å². The molecule has 0 bridgehead atoms. The third-order valence-electron chi connectivity index (χ3n) is 3.55. The van der Waals surface area contributed by atoms with E-state index >= 15 is 0 Å². The van der Waals surface area contributed by atoms with E-state index in [-0.39, 0.29) is 35.3 Å². The van der Waals surface area contributed by atoms with E-state index in [9.17, 15) is 14.4 Å². The summed E-state index contributed by atoms with van der Waals surface area (Å²) in [6, 6.07) is 0. The maximum absolute atomic E-state index is 11.8. The number of amides is 1. The molecule has 2 fully saturated rings. The molecule has 1 saturated heterocycles. The average Bonchev–Trinajstić information content (AvgIpc) is 2.98. The van der Waals surface area contributed by atoms with Crippen molar-refractivity contribution in [1.82, 2.24) is 11.5 Å². The zero-order chi connectivity index (χ0) is 15.2. The fourth-order valence-corrected chi connectivity index (χ4v) is 2.50. The molecule has 1 amide bonds. The van der Waals surface area contributed by atoms with E-state index in [0.717, 1.165) is 25.7 Å². The van der Waals surface area contributed by atoms with Gasteiger partial charge in [0.2, 0.25) is 5.91 Å². The lowest BCUT2D eigenvalue weighted by atomic mass is 9.90. The Morgan fingerprint density at radius 2 is 1.81 bits per heavy atom. The van der Waals surface area contributed by atoms with Crippen molar-refractivity contribution in [3.8, 4) is 0 Å². The lowest BCUT2D eigenvalue weighted by molar-refractivity contribution is -0.139. The fourth-order valence-electron chi connectivity index (χ4n) is 2.50. The molecule has 1 atom stereocenters. The van der Waals surface area contributed by atoms with Crippen molar-refractivity contribution >= 4 is 18.2 Å². The first-order valence-electron chi connectivity index (χ1n) is 7.28. The molecule has 2 rings (SSSR count). The van der Waals surface area contributed by atoms with Crippen LogP contribution in [0.5, 0.6) is 0 Å². The van der Waals surface area contributed by atoms with Gasteiger partial charge in [-0.25, -0.2) is 0 Å². The molecule has 1 aliphatic heterocycles. The van der Waals surface area contributed by atoms with Gasteiger partial charge in [-0.3, -0.25) is 14.4 Å². The van der Waals surface area contributed by atoms with Crippen LogP contribution in [0.4, 0.5) is 0 Å². The normalized spacial score (nSPS) is 21.7. The second-order valence-electron chi connectivity index (χ2n) is 6.34. The van der Waals surface area contributed by atoms with Gasteiger partial charge in [0.15, 0.2) is 0 Å². The van der Waals surface area contributed by atoms with Gasteiger partial charge in [-0.2, -0.15) is 0 Å². The Kier molecular flexibility index (Phi) is 8.17. The van der Waals surface area contributed by atoms with Gasteiger partial charge in [0.05, 0.1) is 5.92 Å². The Hall–Kier alpha value is -1.43. The minimum absolute atomic E-state index is 0. The number of carbonyl (C=O) groups is 3. The van der Waals surface area contributed by atoms with E-state index in [4.69, 9.17) is 0 Å². The summed E-state index contributed by atoms with van der Waals surface area (Å²) >= 11 is 0. The van der Waals surface area contributed by atoms with Crippen LogP contribution < -0.4 is 11.5 Å². The number of Topliss-reactive ketones (excluding diaryl/α,β-unsaturated/α-hetero) is 1. The van der Waals surface area contributed by atoms with Gasteiger partial charge in [0.1, 0.15) is 11.4 Å². The Bertz CT molecular complexity index is 357. The predicted molar refractivity (Wildman–Crippen MR) is 80.0 cm³/mol. The molecule has 122 valence electrons. The largest absolute Gasteiger partial charge is 0.462 e. The minimum Gasteiger partial charge on any atom is -0.462 e. The third-order valence-corrected chi connectivity index (χ3v) is 3.55. The molecule has 0 aromatic carbocycles. The highest BCUT2D eigenvalue weighted by Crippen LogP contribution is 2.29. The minimum atomic E-state index is -0.318. The molecule has 1 saturated carbocycles. The van der Waals surface area contributed by atoms with Crippen molar-refractivity contribution in [3.05, 3.63) is 0 Å². The number of carbonyl (C=O) groups excluding carboxylic acids is 3. The van der Waals surface area contributed by atoms with Gasteiger partial charge in [0, 0.05) is 12.5 Å². The van der Waals surface area contributed by atoms with E-state index in [1.54, 1.807) is 0 Å². The van der Waals surface area contributed by atoms with Gasteiger partial charge in [0.25, 0.3) is 6.47 Å². The topological polar surface area (TPSA) is 107 Å². The molecule has 0 spiro atoms. The first kappa shape index (κ1) is 19.6. The van der Waals surface area contributed by atoms with E-state index in [2.05, 4.69) is 10.1 Å². The highest BCUT2D eigenvalue weighted by Gasteiger charge is 2.36. The zero-order valence-corrected chi connectivity index (χ0v) is 13.3. The molecular formula is C15H28N2O4. The van der Waals surface area contributed by atoms with Gasteiger partial charge in [-0.05, 0) is 40.0 Å². The molecule has 6 heteroatoms. The highest BCUT2D eigenvalue weighted by molar-refractivity contribution is 6.03. The summed E-state index contributed by atoms with van der Waals surface area (Å²) in [5.74, 6) is 0.0290. The number of nitrogens with one attached hydrogen (secondary N) is 1. The first-order chi connectivity index (χ1) is 9.35. The smallest absolute Gasteiger partial charge is 0.293 e. The van der Waals surface area contributed by atoms with Crippen LogP contribution in [0.2, 0.25) is 0 Å². The second-order valence-corrected chi connectivity index (χ2v) is 6.34. The quantitative estimate of drug-likeness (QED) is 0.612. The average molecular weight is 300 g/mol. The van der Waals surface area contributed by atoms with Gasteiger partial charge >= 0.3 is 0 Å². The monoisotopic (exact) mass is 300 g/mol. The summed E-state index contributed by atoms with van der Waals surface area (Å²) in [6.07, 6.45) is 5.04. The Balaban J connectivity index is 0.000000436. The Morgan fingerprint density at radius 3 is 2.14 bits per heavy atom. The number of hydrogen-bond acceptors (Lipinski definition) is 5. The van der Waals surface area contributed by atoms with Gasteiger partial charge in [-0.15, -0.1) is 0 Å². The van der Waals surface area contributed by atoms with Gasteiger partial charge < -0.3 is 16.2 Å². The molecule has 1 heterocycles. The van der Waals surface area contributed by atoms with E-state index in [1.165, 1.54) is 0 Å². The van der Waals surface area contributed by atoms with Crippen molar-refractivity contribution in [2.45, 2.75) is 58.5 Å². The van der Waals surface area contributed by atoms with Crippen LogP contribution in [0, 0.1) is 11.8 Å². The van der Waals surface area contributed by atoms with Crippen LogP contribution >= 0.6 is 0 Å². The second kappa shape index (κ2) is 8.77. The maximum atomic E-state index is 11.8.